The third kappa shape index (κ3) is 4.03. The molecule has 0 aliphatic carbocycles. The topological polar surface area (TPSA) is 85.4 Å². The number of carbonyl (C=O) groups excluding carboxylic acids is 1. The number of aromatic nitrogens is 2. The molecule has 4 rings (SSSR count). The van der Waals surface area contributed by atoms with Crippen molar-refractivity contribution in [2.45, 2.75) is 20.4 Å². The highest BCUT2D eigenvalue weighted by Gasteiger charge is 2.13. The van der Waals surface area contributed by atoms with Crippen LogP contribution in [-0.2, 0) is 6.54 Å². The second-order valence-electron chi connectivity index (χ2n) is 6.67. The van der Waals surface area contributed by atoms with E-state index >= 15 is 0 Å². The number of carbonyl (C=O) groups is 1. The monoisotopic (exact) mass is 376 g/mol. The lowest BCUT2D eigenvalue weighted by Crippen LogP contribution is -2.13. The number of hydrogen-bond donors (Lipinski definition) is 2. The third-order valence-corrected chi connectivity index (χ3v) is 4.28. The summed E-state index contributed by atoms with van der Waals surface area (Å²) in [5.74, 6) is 1.69. The van der Waals surface area contributed by atoms with Gasteiger partial charge in [0.15, 0.2) is 11.5 Å². The SMILES string of the molecule is Cc1cc(C)cc(NC(=O)c2cnc(NCc3ccc4c(c3)OCO4)nc2)c1. The molecule has 2 N–H and O–H groups in total. The largest absolute Gasteiger partial charge is 0.454 e. The number of nitrogens with zero attached hydrogens (tertiary/aromatic N) is 2. The highest BCUT2D eigenvalue weighted by molar-refractivity contribution is 6.04. The fourth-order valence-corrected chi connectivity index (χ4v) is 3.02. The highest BCUT2D eigenvalue weighted by atomic mass is 16.7. The van der Waals surface area contributed by atoms with Gasteiger partial charge in [0.1, 0.15) is 0 Å². The van der Waals surface area contributed by atoms with Crippen molar-refractivity contribution in [2.75, 3.05) is 17.4 Å². The molecule has 0 fully saturated rings. The van der Waals surface area contributed by atoms with E-state index in [0.717, 1.165) is 33.9 Å². The molecule has 2 aromatic carbocycles. The van der Waals surface area contributed by atoms with Crippen LogP contribution < -0.4 is 20.1 Å². The van der Waals surface area contributed by atoms with E-state index in [1.165, 1.54) is 12.4 Å². The second kappa shape index (κ2) is 7.56. The Morgan fingerprint density at radius 1 is 1.00 bits per heavy atom. The van der Waals surface area contributed by atoms with Gasteiger partial charge in [0.05, 0.1) is 5.56 Å². The first kappa shape index (κ1) is 17.8. The van der Waals surface area contributed by atoms with Crippen LogP contribution in [0.3, 0.4) is 0 Å². The summed E-state index contributed by atoms with van der Waals surface area (Å²) in [4.78, 5) is 20.8. The zero-order valence-electron chi connectivity index (χ0n) is 15.7. The van der Waals surface area contributed by atoms with E-state index in [4.69, 9.17) is 9.47 Å². The fraction of sp³-hybridized carbons (Fsp3) is 0.190. The molecule has 0 saturated carbocycles. The van der Waals surface area contributed by atoms with Crippen molar-refractivity contribution in [3.05, 3.63) is 71.0 Å². The molecule has 1 aromatic heterocycles. The van der Waals surface area contributed by atoms with Crippen LogP contribution in [0.25, 0.3) is 0 Å². The molecule has 0 bridgehead atoms. The molecule has 0 spiro atoms. The maximum Gasteiger partial charge on any atom is 0.258 e. The Morgan fingerprint density at radius 3 is 2.46 bits per heavy atom. The maximum atomic E-state index is 12.4. The van der Waals surface area contributed by atoms with Crippen molar-refractivity contribution >= 4 is 17.5 Å². The Bertz CT molecular complexity index is 998. The summed E-state index contributed by atoms with van der Waals surface area (Å²) in [6.45, 7) is 4.77. The van der Waals surface area contributed by atoms with E-state index in [1.54, 1.807) is 0 Å². The molecule has 1 amide bonds. The summed E-state index contributed by atoms with van der Waals surface area (Å²) in [5.41, 5.74) is 4.36. The van der Waals surface area contributed by atoms with Crippen LogP contribution in [0.5, 0.6) is 11.5 Å². The second-order valence-corrected chi connectivity index (χ2v) is 6.67. The highest BCUT2D eigenvalue weighted by Crippen LogP contribution is 2.32. The average Bonchev–Trinajstić information content (AvgIpc) is 3.14. The quantitative estimate of drug-likeness (QED) is 0.706. The van der Waals surface area contributed by atoms with E-state index in [9.17, 15) is 4.79 Å². The number of aryl methyl sites for hydroxylation is 2. The van der Waals surface area contributed by atoms with Crippen molar-refractivity contribution in [1.29, 1.82) is 0 Å². The molecule has 28 heavy (non-hydrogen) atoms. The van der Waals surface area contributed by atoms with Crippen molar-refractivity contribution < 1.29 is 14.3 Å². The number of fused-ring (bicyclic) bond motifs is 1. The van der Waals surface area contributed by atoms with Gasteiger partial charge in [-0.05, 0) is 54.8 Å². The molecule has 1 aliphatic rings. The van der Waals surface area contributed by atoms with Crippen molar-refractivity contribution in [2.24, 2.45) is 0 Å². The van der Waals surface area contributed by atoms with Gasteiger partial charge in [-0.3, -0.25) is 4.79 Å². The van der Waals surface area contributed by atoms with Gasteiger partial charge in [0.2, 0.25) is 12.7 Å². The molecule has 0 unspecified atom stereocenters. The molecule has 142 valence electrons. The molecule has 7 nitrogen and oxygen atoms in total. The first-order chi connectivity index (χ1) is 13.6. The van der Waals surface area contributed by atoms with Gasteiger partial charge in [-0.1, -0.05) is 12.1 Å². The van der Waals surface area contributed by atoms with Crippen molar-refractivity contribution in [1.82, 2.24) is 9.97 Å². The molecular weight excluding hydrogens is 356 g/mol. The van der Waals surface area contributed by atoms with Crippen LogP contribution in [0.2, 0.25) is 0 Å². The molecule has 2 heterocycles. The Kier molecular flexibility index (Phi) is 4.80. The van der Waals surface area contributed by atoms with Crippen molar-refractivity contribution in [3.63, 3.8) is 0 Å². The molecule has 0 radical (unpaired) electrons. The van der Waals surface area contributed by atoms with Gasteiger partial charge < -0.3 is 20.1 Å². The third-order valence-electron chi connectivity index (χ3n) is 4.28. The lowest BCUT2D eigenvalue weighted by Gasteiger charge is -2.08. The van der Waals surface area contributed by atoms with E-state index in [2.05, 4.69) is 26.7 Å². The predicted molar refractivity (Wildman–Crippen MR) is 106 cm³/mol. The molecular formula is C21H20N4O3. The van der Waals surface area contributed by atoms with E-state index in [-0.39, 0.29) is 12.7 Å². The minimum atomic E-state index is -0.243. The smallest absolute Gasteiger partial charge is 0.258 e. The summed E-state index contributed by atoms with van der Waals surface area (Å²) in [5, 5.41) is 6.01. The van der Waals surface area contributed by atoms with E-state index in [0.29, 0.717) is 18.1 Å². The van der Waals surface area contributed by atoms with E-state index < -0.39 is 0 Å². The average molecular weight is 376 g/mol. The van der Waals surface area contributed by atoms with Gasteiger partial charge in [0, 0.05) is 24.6 Å². The zero-order valence-corrected chi connectivity index (χ0v) is 15.7. The first-order valence-corrected chi connectivity index (χ1v) is 8.91. The van der Waals surface area contributed by atoms with Gasteiger partial charge >= 0.3 is 0 Å². The summed E-state index contributed by atoms with van der Waals surface area (Å²) in [6, 6.07) is 11.6. The Labute approximate surface area is 162 Å². The minimum Gasteiger partial charge on any atom is -0.454 e. The Hall–Kier alpha value is -3.61. The van der Waals surface area contributed by atoms with Gasteiger partial charge in [0.25, 0.3) is 5.91 Å². The zero-order chi connectivity index (χ0) is 19.5. The lowest BCUT2D eigenvalue weighted by molar-refractivity contribution is 0.102. The number of anilines is 2. The van der Waals surface area contributed by atoms with Gasteiger partial charge in [-0.2, -0.15) is 0 Å². The number of amides is 1. The normalized spacial score (nSPS) is 11.9. The van der Waals surface area contributed by atoms with Gasteiger partial charge in [-0.15, -0.1) is 0 Å². The van der Waals surface area contributed by atoms with Crippen LogP contribution in [-0.4, -0.2) is 22.7 Å². The van der Waals surface area contributed by atoms with Crippen LogP contribution in [0, 0.1) is 13.8 Å². The van der Waals surface area contributed by atoms with Crippen LogP contribution in [0.4, 0.5) is 11.6 Å². The summed E-state index contributed by atoms with van der Waals surface area (Å²) in [6.07, 6.45) is 3.01. The number of rotatable bonds is 5. The fourth-order valence-electron chi connectivity index (χ4n) is 3.02. The number of nitrogens with one attached hydrogen (secondary N) is 2. The number of ether oxygens (including phenoxy) is 2. The maximum absolute atomic E-state index is 12.4. The Morgan fingerprint density at radius 2 is 1.71 bits per heavy atom. The molecule has 3 aromatic rings. The van der Waals surface area contributed by atoms with Crippen molar-refractivity contribution in [3.8, 4) is 11.5 Å². The summed E-state index contributed by atoms with van der Waals surface area (Å²) >= 11 is 0. The molecule has 0 atom stereocenters. The van der Waals surface area contributed by atoms with Crippen LogP contribution in [0.1, 0.15) is 27.0 Å². The molecule has 7 heteroatoms. The lowest BCUT2D eigenvalue weighted by atomic mass is 10.1. The minimum absolute atomic E-state index is 0.243. The first-order valence-electron chi connectivity index (χ1n) is 8.91. The molecule has 0 saturated heterocycles. The number of benzene rings is 2. The summed E-state index contributed by atoms with van der Waals surface area (Å²) < 4.78 is 10.7. The Balaban J connectivity index is 1.37. The predicted octanol–water partition coefficient (Wildman–Crippen LogP) is 3.69. The molecule has 1 aliphatic heterocycles. The van der Waals surface area contributed by atoms with Crippen LogP contribution in [0.15, 0.2) is 48.8 Å². The van der Waals surface area contributed by atoms with Crippen LogP contribution >= 0.6 is 0 Å². The standard InChI is InChI=1S/C21H20N4O3/c1-13-5-14(2)7-17(6-13)25-20(26)16-10-23-21(24-11-16)22-9-15-3-4-18-19(8-15)28-12-27-18/h3-8,10-11H,9,12H2,1-2H3,(H,25,26)(H,22,23,24). The van der Waals surface area contributed by atoms with Gasteiger partial charge in [-0.25, -0.2) is 9.97 Å². The summed E-state index contributed by atoms with van der Waals surface area (Å²) in [7, 11) is 0. The van der Waals surface area contributed by atoms with E-state index in [1.807, 2.05) is 44.2 Å². The number of hydrogen-bond acceptors (Lipinski definition) is 6.